The van der Waals surface area contributed by atoms with Crippen molar-refractivity contribution in [3.05, 3.63) is 53.3 Å². The predicted molar refractivity (Wildman–Crippen MR) is 74.0 cm³/mol. The predicted octanol–water partition coefficient (Wildman–Crippen LogP) is 2.70. The van der Waals surface area contributed by atoms with Crippen LogP contribution < -0.4 is 5.73 Å². The van der Waals surface area contributed by atoms with Crippen LogP contribution >= 0.6 is 11.6 Å². The van der Waals surface area contributed by atoms with Gasteiger partial charge in [0.1, 0.15) is 5.69 Å². The molecule has 1 heterocycles. The van der Waals surface area contributed by atoms with Crippen LogP contribution in [0.2, 0.25) is 5.02 Å². The number of tetrazole rings is 1. The highest BCUT2D eigenvalue weighted by molar-refractivity contribution is 6.30. The van der Waals surface area contributed by atoms with Gasteiger partial charge < -0.3 is 5.73 Å². The van der Waals surface area contributed by atoms with Crippen LogP contribution in [-0.2, 0) is 0 Å². The number of nitrogens with zero attached hydrogens (tertiary/aromatic N) is 4. The normalized spacial score (nSPS) is 10.7. The van der Waals surface area contributed by atoms with Crippen molar-refractivity contribution in [1.29, 1.82) is 0 Å². The first kappa shape index (κ1) is 12.6. The summed E-state index contributed by atoms with van der Waals surface area (Å²) in [4.78, 5) is 0. The second kappa shape index (κ2) is 4.90. The van der Waals surface area contributed by atoms with E-state index in [9.17, 15) is 4.39 Å². The van der Waals surface area contributed by atoms with Crippen molar-refractivity contribution >= 4 is 17.3 Å². The highest BCUT2D eigenvalue weighted by Gasteiger charge is 2.15. The van der Waals surface area contributed by atoms with Crippen LogP contribution in [0.3, 0.4) is 0 Å². The molecule has 3 rings (SSSR count). The van der Waals surface area contributed by atoms with Gasteiger partial charge in [0.15, 0.2) is 11.6 Å². The van der Waals surface area contributed by atoms with Crippen LogP contribution in [-0.4, -0.2) is 20.2 Å². The topological polar surface area (TPSA) is 69.6 Å². The molecule has 2 aromatic carbocycles. The van der Waals surface area contributed by atoms with Gasteiger partial charge in [0, 0.05) is 11.3 Å². The van der Waals surface area contributed by atoms with Crippen molar-refractivity contribution in [3.8, 4) is 17.1 Å². The molecule has 100 valence electrons. The van der Waals surface area contributed by atoms with E-state index in [0.29, 0.717) is 11.5 Å². The lowest BCUT2D eigenvalue weighted by atomic mass is 10.2. The van der Waals surface area contributed by atoms with E-state index in [1.807, 2.05) is 0 Å². The van der Waals surface area contributed by atoms with E-state index in [-0.39, 0.29) is 10.7 Å². The Balaban J connectivity index is 2.15. The Morgan fingerprint density at radius 2 is 1.85 bits per heavy atom. The number of rotatable bonds is 2. The molecule has 3 aromatic rings. The van der Waals surface area contributed by atoms with Crippen LogP contribution in [0.1, 0.15) is 0 Å². The molecule has 5 nitrogen and oxygen atoms in total. The summed E-state index contributed by atoms with van der Waals surface area (Å²) in [5, 5.41) is 11.3. The first-order valence-corrected chi connectivity index (χ1v) is 6.13. The fourth-order valence-electron chi connectivity index (χ4n) is 1.82. The molecule has 0 bridgehead atoms. The van der Waals surface area contributed by atoms with E-state index in [4.69, 9.17) is 17.3 Å². The van der Waals surface area contributed by atoms with Gasteiger partial charge in [-0.15, -0.1) is 5.10 Å². The minimum atomic E-state index is -0.571. The molecule has 0 atom stereocenters. The van der Waals surface area contributed by atoms with Crippen LogP contribution in [0.25, 0.3) is 17.1 Å². The van der Waals surface area contributed by atoms with Crippen molar-refractivity contribution < 1.29 is 4.39 Å². The molecule has 0 aliphatic heterocycles. The number of anilines is 1. The zero-order valence-corrected chi connectivity index (χ0v) is 10.9. The highest BCUT2D eigenvalue weighted by atomic mass is 35.5. The molecule has 0 saturated carbocycles. The molecule has 0 aliphatic carbocycles. The third-order valence-electron chi connectivity index (χ3n) is 2.80. The summed E-state index contributed by atoms with van der Waals surface area (Å²) in [6, 6.07) is 11.6. The van der Waals surface area contributed by atoms with Crippen molar-refractivity contribution in [2.75, 3.05) is 5.73 Å². The van der Waals surface area contributed by atoms with Crippen molar-refractivity contribution in [3.63, 3.8) is 0 Å². The number of benzene rings is 2. The first-order valence-electron chi connectivity index (χ1n) is 5.75. The monoisotopic (exact) mass is 289 g/mol. The Labute approximate surface area is 118 Å². The van der Waals surface area contributed by atoms with Crippen LogP contribution in [0.15, 0.2) is 42.5 Å². The Hall–Kier alpha value is -2.47. The summed E-state index contributed by atoms with van der Waals surface area (Å²) in [6.45, 7) is 0. The average molecular weight is 290 g/mol. The summed E-state index contributed by atoms with van der Waals surface area (Å²) >= 11 is 5.78. The van der Waals surface area contributed by atoms with Gasteiger partial charge in [0.25, 0.3) is 0 Å². The molecule has 7 heteroatoms. The van der Waals surface area contributed by atoms with Crippen LogP contribution in [0.4, 0.5) is 10.1 Å². The number of hydrogen-bond acceptors (Lipinski definition) is 4. The van der Waals surface area contributed by atoms with Gasteiger partial charge in [-0.3, -0.25) is 0 Å². The molecule has 0 aliphatic rings. The Morgan fingerprint density at radius 1 is 1.10 bits per heavy atom. The van der Waals surface area contributed by atoms with Crippen molar-refractivity contribution in [2.24, 2.45) is 0 Å². The first-order chi connectivity index (χ1) is 9.66. The van der Waals surface area contributed by atoms with E-state index in [1.54, 1.807) is 36.4 Å². The number of aromatic nitrogens is 4. The van der Waals surface area contributed by atoms with Crippen LogP contribution in [0.5, 0.6) is 0 Å². The van der Waals surface area contributed by atoms with Crippen LogP contribution in [0, 0.1) is 5.82 Å². The van der Waals surface area contributed by atoms with E-state index in [1.165, 1.54) is 10.7 Å². The second-order valence-corrected chi connectivity index (χ2v) is 4.52. The fraction of sp³-hybridized carbons (Fsp3) is 0. The summed E-state index contributed by atoms with van der Waals surface area (Å²) in [6.07, 6.45) is 0. The van der Waals surface area contributed by atoms with E-state index in [0.717, 1.165) is 5.56 Å². The molecule has 0 radical (unpaired) electrons. The lowest BCUT2D eigenvalue weighted by Crippen LogP contribution is -2.03. The molecule has 0 unspecified atom stereocenters. The number of halogens is 2. The van der Waals surface area contributed by atoms with Crippen molar-refractivity contribution in [1.82, 2.24) is 20.2 Å². The third kappa shape index (κ3) is 2.10. The highest BCUT2D eigenvalue weighted by Crippen LogP contribution is 2.25. The summed E-state index contributed by atoms with van der Waals surface area (Å²) in [5.74, 6) is -0.163. The van der Waals surface area contributed by atoms with Gasteiger partial charge in [-0.05, 0) is 46.8 Å². The molecular weight excluding hydrogens is 281 g/mol. The van der Waals surface area contributed by atoms with Gasteiger partial charge in [0.2, 0.25) is 0 Å². The van der Waals surface area contributed by atoms with E-state index < -0.39 is 5.82 Å². The molecule has 20 heavy (non-hydrogen) atoms. The van der Waals surface area contributed by atoms with E-state index in [2.05, 4.69) is 15.5 Å². The van der Waals surface area contributed by atoms with Gasteiger partial charge in [0.05, 0.1) is 5.02 Å². The number of nitrogen functional groups attached to an aromatic ring is 1. The third-order valence-corrected chi connectivity index (χ3v) is 3.09. The summed E-state index contributed by atoms with van der Waals surface area (Å²) in [7, 11) is 0. The average Bonchev–Trinajstić information content (AvgIpc) is 2.92. The maximum absolute atomic E-state index is 14.1. The standard InChI is InChI=1S/C13H9ClFN5/c14-10-2-1-3-11(12(10)15)20-13(17-18-19-20)8-4-6-9(16)7-5-8/h1-7H,16H2. The van der Waals surface area contributed by atoms with E-state index >= 15 is 0 Å². The smallest absolute Gasteiger partial charge is 0.187 e. The van der Waals surface area contributed by atoms with Crippen molar-refractivity contribution in [2.45, 2.75) is 0 Å². The molecule has 1 aromatic heterocycles. The zero-order chi connectivity index (χ0) is 14.1. The lowest BCUT2D eigenvalue weighted by Gasteiger charge is -2.06. The minimum absolute atomic E-state index is 0.0151. The molecular formula is C13H9ClFN5. The number of nitrogens with two attached hydrogens (primary N) is 1. The van der Waals surface area contributed by atoms with Gasteiger partial charge >= 0.3 is 0 Å². The minimum Gasteiger partial charge on any atom is -0.399 e. The molecule has 0 fully saturated rings. The van der Waals surface area contributed by atoms with Gasteiger partial charge in [-0.25, -0.2) is 4.39 Å². The summed E-state index contributed by atoms with van der Waals surface area (Å²) in [5.41, 5.74) is 7.18. The molecule has 0 saturated heterocycles. The number of hydrogen-bond donors (Lipinski definition) is 1. The summed E-state index contributed by atoms with van der Waals surface area (Å²) < 4.78 is 15.4. The largest absolute Gasteiger partial charge is 0.399 e. The SMILES string of the molecule is Nc1ccc(-c2nnnn2-c2cccc(Cl)c2F)cc1. The Kier molecular flexibility index (Phi) is 3.08. The zero-order valence-electron chi connectivity index (χ0n) is 10.2. The maximum Gasteiger partial charge on any atom is 0.187 e. The van der Waals surface area contributed by atoms with Gasteiger partial charge in [-0.1, -0.05) is 17.7 Å². The molecule has 0 spiro atoms. The lowest BCUT2D eigenvalue weighted by molar-refractivity contribution is 0.608. The molecule has 0 amide bonds. The quantitative estimate of drug-likeness (QED) is 0.736. The second-order valence-electron chi connectivity index (χ2n) is 4.11. The Morgan fingerprint density at radius 3 is 2.60 bits per heavy atom. The fourth-order valence-corrected chi connectivity index (χ4v) is 1.99. The molecule has 2 N–H and O–H groups in total. The van der Waals surface area contributed by atoms with Gasteiger partial charge in [-0.2, -0.15) is 4.68 Å². The Bertz CT molecular complexity index is 754. The maximum atomic E-state index is 14.1.